The van der Waals surface area contributed by atoms with Gasteiger partial charge in [0.2, 0.25) is 11.8 Å². The summed E-state index contributed by atoms with van der Waals surface area (Å²) < 4.78 is 5.44. The Labute approximate surface area is 205 Å². The maximum Gasteiger partial charge on any atom is 0.235 e. The van der Waals surface area contributed by atoms with Gasteiger partial charge in [0.15, 0.2) is 5.82 Å². The predicted molar refractivity (Wildman–Crippen MR) is 130 cm³/mol. The second-order valence-corrected chi connectivity index (χ2v) is 8.84. The van der Waals surface area contributed by atoms with Crippen LogP contribution in [0.5, 0.6) is 5.88 Å². The minimum Gasteiger partial charge on any atom is -0.477 e. The first-order chi connectivity index (χ1) is 16.5. The van der Waals surface area contributed by atoms with Crippen LogP contribution in [0.2, 0.25) is 10.0 Å². The summed E-state index contributed by atoms with van der Waals surface area (Å²) >= 11 is 12.5. The number of tetrazole rings is 1. The van der Waals surface area contributed by atoms with Crippen molar-refractivity contribution in [2.75, 3.05) is 11.9 Å². The maximum atomic E-state index is 13.3. The van der Waals surface area contributed by atoms with Gasteiger partial charge in [-0.3, -0.25) is 4.79 Å². The maximum absolute atomic E-state index is 13.3. The van der Waals surface area contributed by atoms with Gasteiger partial charge >= 0.3 is 0 Å². The highest BCUT2D eigenvalue weighted by Gasteiger charge is 2.51. The van der Waals surface area contributed by atoms with Gasteiger partial charge in [-0.25, -0.2) is 10.1 Å². The fourth-order valence-corrected chi connectivity index (χ4v) is 4.38. The number of H-pyrrole nitrogens is 1. The van der Waals surface area contributed by atoms with E-state index in [9.17, 15) is 4.79 Å². The average Bonchev–Trinajstić information content (AvgIpc) is 3.47. The smallest absolute Gasteiger partial charge is 0.235 e. The molecule has 34 heavy (non-hydrogen) atoms. The molecule has 1 aliphatic rings. The summed E-state index contributed by atoms with van der Waals surface area (Å²) in [6.45, 7) is 2.33. The molecule has 2 aromatic heterocycles. The standard InChI is InChI=1S/C24H20Cl2N6O2/c1-2-34-22-20(26)10-14(13-27-22)18-7-6-17(12-19(18)21-29-31-32-30-21)28-23(33)24(8-9-24)15-4-3-5-16(25)11-15/h3-7,10-13H,2,8-9H2,1H3,(H,28,33)(H,29,30,31,32). The summed E-state index contributed by atoms with van der Waals surface area (Å²) in [5, 5.41) is 18.3. The molecule has 2 aromatic carbocycles. The van der Waals surface area contributed by atoms with Crippen LogP contribution >= 0.6 is 23.2 Å². The van der Waals surface area contributed by atoms with Gasteiger partial charge in [0.25, 0.3) is 0 Å². The molecule has 0 atom stereocenters. The van der Waals surface area contributed by atoms with Gasteiger partial charge in [-0.05, 0) is 71.7 Å². The van der Waals surface area contributed by atoms with Crippen molar-refractivity contribution in [2.24, 2.45) is 0 Å². The number of anilines is 1. The lowest BCUT2D eigenvalue weighted by Gasteiger charge is -2.17. The van der Waals surface area contributed by atoms with Crippen LogP contribution in [0, 0.1) is 0 Å². The van der Waals surface area contributed by atoms with E-state index in [2.05, 4.69) is 30.9 Å². The fourth-order valence-electron chi connectivity index (χ4n) is 3.97. The molecule has 1 saturated carbocycles. The third-order valence-electron chi connectivity index (χ3n) is 5.84. The monoisotopic (exact) mass is 494 g/mol. The Kier molecular flexibility index (Phi) is 5.93. The molecule has 0 bridgehead atoms. The van der Waals surface area contributed by atoms with E-state index in [0.717, 1.165) is 29.5 Å². The third kappa shape index (κ3) is 4.22. The van der Waals surface area contributed by atoms with Crippen LogP contribution in [0.15, 0.2) is 54.7 Å². The van der Waals surface area contributed by atoms with Gasteiger partial charge in [0.1, 0.15) is 5.02 Å². The number of carbonyl (C=O) groups is 1. The first-order valence-corrected chi connectivity index (χ1v) is 11.5. The van der Waals surface area contributed by atoms with E-state index in [1.165, 1.54) is 0 Å². The van der Waals surface area contributed by atoms with Crippen molar-refractivity contribution in [1.29, 1.82) is 0 Å². The zero-order valence-electron chi connectivity index (χ0n) is 18.2. The number of aromatic nitrogens is 5. The Morgan fingerprint density at radius 2 is 2.00 bits per heavy atom. The normalized spacial score (nSPS) is 14.0. The Morgan fingerprint density at radius 3 is 2.68 bits per heavy atom. The molecule has 0 aliphatic heterocycles. The Morgan fingerprint density at radius 1 is 1.15 bits per heavy atom. The van der Waals surface area contributed by atoms with Crippen molar-refractivity contribution in [1.82, 2.24) is 25.6 Å². The number of rotatable bonds is 7. The highest BCUT2D eigenvalue weighted by Crippen LogP contribution is 2.49. The molecule has 0 radical (unpaired) electrons. The van der Waals surface area contributed by atoms with Gasteiger partial charge in [-0.2, -0.15) is 0 Å². The molecular formula is C24H20Cl2N6O2. The summed E-state index contributed by atoms with van der Waals surface area (Å²) in [6, 6.07) is 14.8. The third-order valence-corrected chi connectivity index (χ3v) is 6.35. The summed E-state index contributed by atoms with van der Waals surface area (Å²) in [6.07, 6.45) is 3.22. The number of hydrogen-bond donors (Lipinski definition) is 2. The predicted octanol–water partition coefficient (Wildman–Crippen LogP) is 5.30. The van der Waals surface area contributed by atoms with Crippen LogP contribution in [-0.4, -0.2) is 38.1 Å². The molecule has 4 aromatic rings. The summed E-state index contributed by atoms with van der Waals surface area (Å²) in [5.41, 5.74) is 3.23. The number of carbonyl (C=O) groups excluding carboxylic acids is 1. The molecular weight excluding hydrogens is 475 g/mol. The number of hydrogen-bond acceptors (Lipinski definition) is 6. The fraction of sp³-hybridized carbons (Fsp3) is 0.208. The van der Waals surface area contributed by atoms with Crippen LogP contribution in [0.25, 0.3) is 22.5 Å². The quantitative estimate of drug-likeness (QED) is 0.360. The Balaban J connectivity index is 1.48. The zero-order valence-corrected chi connectivity index (χ0v) is 19.7. The van der Waals surface area contributed by atoms with Crippen molar-refractivity contribution in [2.45, 2.75) is 25.2 Å². The molecule has 8 nitrogen and oxygen atoms in total. The van der Waals surface area contributed by atoms with Gasteiger partial charge in [-0.1, -0.05) is 41.4 Å². The number of nitrogens with zero attached hydrogens (tertiary/aromatic N) is 4. The second kappa shape index (κ2) is 9.04. The first kappa shape index (κ1) is 22.3. The minimum atomic E-state index is -0.565. The van der Waals surface area contributed by atoms with E-state index >= 15 is 0 Å². The Hall–Kier alpha value is -3.49. The lowest BCUT2D eigenvalue weighted by atomic mass is 9.94. The number of nitrogens with one attached hydrogen (secondary N) is 2. The molecule has 172 valence electrons. The molecule has 1 fully saturated rings. The number of halogens is 2. The van der Waals surface area contributed by atoms with Crippen LogP contribution < -0.4 is 10.1 Å². The van der Waals surface area contributed by atoms with E-state index in [1.807, 2.05) is 43.3 Å². The number of aromatic amines is 1. The first-order valence-electron chi connectivity index (χ1n) is 10.7. The van der Waals surface area contributed by atoms with E-state index in [-0.39, 0.29) is 5.91 Å². The number of pyridine rings is 1. The van der Waals surface area contributed by atoms with E-state index in [1.54, 1.807) is 18.3 Å². The topological polar surface area (TPSA) is 106 Å². The second-order valence-electron chi connectivity index (χ2n) is 8.00. The lowest BCUT2D eigenvalue weighted by Crippen LogP contribution is -2.27. The van der Waals surface area contributed by atoms with Crippen LogP contribution in [-0.2, 0) is 10.2 Å². The molecule has 2 N–H and O–H groups in total. The van der Waals surface area contributed by atoms with Crippen LogP contribution in [0.4, 0.5) is 5.69 Å². The number of amides is 1. The lowest BCUT2D eigenvalue weighted by molar-refractivity contribution is -0.118. The molecule has 1 amide bonds. The van der Waals surface area contributed by atoms with E-state index < -0.39 is 5.41 Å². The van der Waals surface area contributed by atoms with Crippen molar-refractivity contribution in [3.05, 3.63) is 70.3 Å². The van der Waals surface area contributed by atoms with Gasteiger partial charge < -0.3 is 10.1 Å². The van der Waals surface area contributed by atoms with Crippen molar-refractivity contribution < 1.29 is 9.53 Å². The Bertz CT molecular complexity index is 1360. The summed E-state index contributed by atoms with van der Waals surface area (Å²) in [5.74, 6) is 0.748. The van der Waals surface area contributed by atoms with Crippen LogP contribution in [0.3, 0.4) is 0 Å². The average molecular weight is 495 g/mol. The molecule has 0 spiro atoms. The highest BCUT2D eigenvalue weighted by atomic mass is 35.5. The van der Waals surface area contributed by atoms with Gasteiger partial charge in [0.05, 0.1) is 12.0 Å². The summed E-state index contributed by atoms with van der Waals surface area (Å²) in [4.78, 5) is 17.6. The summed E-state index contributed by atoms with van der Waals surface area (Å²) in [7, 11) is 0. The molecule has 10 heteroatoms. The SMILES string of the molecule is CCOc1ncc(-c2ccc(NC(=O)C3(c4cccc(Cl)c4)CC3)cc2-c2nnn[nH]2)cc1Cl. The van der Waals surface area contributed by atoms with E-state index in [4.69, 9.17) is 27.9 Å². The zero-order chi connectivity index (χ0) is 23.7. The molecule has 2 heterocycles. The van der Waals surface area contributed by atoms with E-state index in [0.29, 0.717) is 39.6 Å². The number of ether oxygens (including phenoxy) is 1. The molecule has 5 rings (SSSR count). The molecule has 0 unspecified atom stereocenters. The largest absolute Gasteiger partial charge is 0.477 e. The van der Waals surface area contributed by atoms with Crippen LogP contribution in [0.1, 0.15) is 25.3 Å². The number of benzene rings is 2. The minimum absolute atomic E-state index is 0.0741. The highest BCUT2D eigenvalue weighted by molar-refractivity contribution is 6.32. The van der Waals surface area contributed by atoms with Crippen molar-refractivity contribution in [3.8, 4) is 28.4 Å². The van der Waals surface area contributed by atoms with Crippen molar-refractivity contribution in [3.63, 3.8) is 0 Å². The van der Waals surface area contributed by atoms with Gasteiger partial charge in [-0.15, -0.1) is 5.10 Å². The van der Waals surface area contributed by atoms with Crippen molar-refractivity contribution >= 4 is 34.8 Å². The molecule has 0 saturated heterocycles. The van der Waals surface area contributed by atoms with Gasteiger partial charge in [0, 0.05) is 28.0 Å². The molecule has 1 aliphatic carbocycles.